The van der Waals surface area contributed by atoms with E-state index in [0.29, 0.717) is 34.8 Å². The number of aromatic hydroxyl groups is 1. The Morgan fingerprint density at radius 2 is 2.12 bits per heavy atom. The second-order valence-electron chi connectivity index (χ2n) is 7.72. The maximum Gasteiger partial charge on any atom is 0.326 e. The summed E-state index contributed by atoms with van der Waals surface area (Å²) >= 11 is 0. The number of aromatic nitrogens is 5. The van der Waals surface area contributed by atoms with Gasteiger partial charge in [0.25, 0.3) is 0 Å². The number of hydrogen-bond acceptors (Lipinski definition) is 8. The lowest BCUT2D eigenvalue weighted by Crippen LogP contribution is -2.20. The van der Waals surface area contributed by atoms with E-state index in [1.807, 2.05) is 24.3 Å². The summed E-state index contributed by atoms with van der Waals surface area (Å²) in [5.41, 5.74) is 2.03. The van der Waals surface area contributed by atoms with Crippen LogP contribution in [0.25, 0.3) is 11.7 Å². The van der Waals surface area contributed by atoms with Gasteiger partial charge in [0, 0.05) is 17.8 Å². The fourth-order valence-electron chi connectivity index (χ4n) is 3.53. The topological polar surface area (TPSA) is 142 Å². The molecule has 6 rings (SSSR count). The Morgan fingerprint density at radius 3 is 2.94 bits per heavy atom. The summed E-state index contributed by atoms with van der Waals surface area (Å²) < 4.78 is 12.5. The Kier molecular flexibility index (Phi) is 4.13. The minimum atomic E-state index is -0.492. The number of ether oxygens (including phenoxy) is 2. The van der Waals surface area contributed by atoms with E-state index in [0.717, 1.165) is 29.9 Å². The molecule has 162 valence electrons. The molecule has 11 nitrogen and oxygen atoms in total. The van der Waals surface area contributed by atoms with Gasteiger partial charge in [-0.25, -0.2) is 9.78 Å². The van der Waals surface area contributed by atoms with Gasteiger partial charge in [0.1, 0.15) is 11.5 Å². The molecule has 0 saturated heterocycles. The van der Waals surface area contributed by atoms with Crippen molar-refractivity contribution in [1.82, 2.24) is 24.6 Å². The minimum Gasteiger partial charge on any atom is -0.493 e. The van der Waals surface area contributed by atoms with E-state index in [9.17, 15) is 9.90 Å². The first kappa shape index (κ1) is 18.5. The molecule has 11 heteroatoms. The molecule has 1 aromatic carbocycles. The summed E-state index contributed by atoms with van der Waals surface area (Å²) in [5, 5.41) is 18.3. The third kappa shape index (κ3) is 3.43. The quantitative estimate of drug-likeness (QED) is 0.357. The highest BCUT2D eigenvalue weighted by atomic mass is 16.7. The van der Waals surface area contributed by atoms with Gasteiger partial charge in [0.05, 0.1) is 12.2 Å². The highest BCUT2D eigenvalue weighted by Crippen LogP contribution is 2.32. The van der Waals surface area contributed by atoms with E-state index < -0.39 is 5.69 Å². The molecule has 3 aromatic heterocycles. The van der Waals surface area contributed by atoms with Crippen LogP contribution in [0.5, 0.6) is 17.4 Å². The van der Waals surface area contributed by atoms with Gasteiger partial charge in [-0.15, -0.1) is 0 Å². The number of fused-ring (bicyclic) bond motifs is 2. The number of benzene rings is 1. The van der Waals surface area contributed by atoms with Crippen LogP contribution in [-0.4, -0.2) is 42.5 Å². The lowest BCUT2D eigenvalue weighted by Gasteiger charge is -2.07. The molecular formula is C21H19N7O4. The van der Waals surface area contributed by atoms with E-state index in [2.05, 4.69) is 20.4 Å². The fraction of sp³-hybridized carbons (Fsp3) is 0.238. The van der Waals surface area contributed by atoms with Crippen molar-refractivity contribution in [3.8, 4) is 17.4 Å². The zero-order valence-electron chi connectivity index (χ0n) is 16.8. The third-order valence-corrected chi connectivity index (χ3v) is 5.29. The van der Waals surface area contributed by atoms with E-state index >= 15 is 0 Å². The van der Waals surface area contributed by atoms with Crippen LogP contribution in [-0.2, 0) is 6.54 Å². The first-order valence-electron chi connectivity index (χ1n) is 10.2. The smallest absolute Gasteiger partial charge is 0.326 e. The van der Waals surface area contributed by atoms with E-state index in [4.69, 9.17) is 19.5 Å². The van der Waals surface area contributed by atoms with Crippen LogP contribution in [0, 0.1) is 0 Å². The van der Waals surface area contributed by atoms with Crippen molar-refractivity contribution in [1.29, 1.82) is 0 Å². The van der Waals surface area contributed by atoms with Crippen molar-refractivity contribution < 1.29 is 14.6 Å². The summed E-state index contributed by atoms with van der Waals surface area (Å²) in [7, 11) is 0. The van der Waals surface area contributed by atoms with Gasteiger partial charge in [0.2, 0.25) is 12.7 Å². The Hall–Kier alpha value is -4.28. The summed E-state index contributed by atoms with van der Waals surface area (Å²) in [5.74, 6) is 1.86. The number of aromatic amines is 2. The molecule has 0 spiro atoms. The number of nitrogens with zero attached hydrogens (tertiary/aromatic N) is 4. The summed E-state index contributed by atoms with van der Waals surface area (Å²) in [6.45, 7) is 0.765. The Bertz CT molecular complexity index is 1510. The van der Waals surface area contributed by atoms with Gasteiger partial charge >= 0.3 is 5.69 Å². The number of H-pyrrole nitrogens is 2. The molecule has 0 radical (unpaired) electrons. The monoisotopic (exact) mass is 433 g/mol. The van der Waals surface area contributed by atoms with E-state index in [-0.39, 0.29) is 18.4 Å². The van der Waals surface area contributed by atoms with Crippen LogP contribution in [0.3, 0.4) is 0 Å². The zero-order chi connectivity index (χ0) is 21.7. The van der Waals surface area contributed by atoms with Crippen LogP contribution < -0.4 is 31.2 Å². The molecule has 0 amide bonds. The predicted molar refractivity (Wildman–Crippen MR) is 113 cm³/mol. The molecule has 0 unspecified atom stereocenters. The normalized spacial score (nSPS) is 16.2. The SMILES string of the molecule is O=c1[nH]c(O)c(/C=c2\cnn3c(=NC4CC4)cc(NCc4ccc5c(c4)OCO5)nc23)[nH]1. The maximum atomic E-state index is 11.5. The van der Waals surface area contributed by atoms with E-state index in [1.54, 1.807) is 16.8 Å². The maximum absolute atomic E-state index is 11.5. The van der Waals surface area contributed by atoms with Crippen LogP contribution in [0.4, 0.5) is 5.82 Å². The lowest BCUT2D eigenvalue weighted by molar-refractivity contribution is 0.174. The summed E-state index contributed by atoms with van der Waals surface area (Å²) in [4.78, 5) is 25.8. The van der Waals surface area contributed by atoms with Gasteiger partial charge in [-0.3, -0.25) is 9.98 Å². The highest BCUT2D eigenvalue weighted by Gasteiger charge is 2.20. The van der Waals surface area contributed by atoms with Crippen LogP contribution in [0.1, 0.15) is 24.1 Å². The fourth-order valence-corrected chi connectivity index (χ4v) is 3.53. The van der Waals surface area contributed by atoms with Gasteiger partial charge in [-0.2, -0.15) is 9.61 Å². The molecule has 1 aliphatic carbocycles. The molecule has 4 aromatic rings. The molecule has 1 saturated carbocycles. The molecule has 4 heterocycles. The first-order valence-corrected chi connectivity index (χ1v) is 10.2. The number of imidazole rings is 1. The Balaban J connectivity index is 1.40. The predicted octanol–water partition coefficient (Wildman–Crippen LogP) is 0.403. The Morgan fingerprint density at radius 1 is 1.25 bits per heavy atom. The minimum absolute atomic E-state index is 0.235. The summed E-state index contributed by atoms with van der Waals surface area (Å²) in [6, 6.07) is 7.95. The molecular weight excluding hydrogens is 414 g/mol. The van der Waals surface area contributed by atoms with Crippen LogP contribution in [0.2, 0.25) is 0 Å². The van der Waals surface area contributed by atoms with Crippen molar-refractivity contribution >= 4 is 17.5 Å². The molecule has 1 fully saturated rings. The van der Waals surface area contributed by atoms with Crippen molar-refractivity contribution in [2.24, 2.45) is 4.99 Å². The van der Waals surface area contributed by atoms with Gasteiger partial charge < -0.3 is 24.9 Å². The number of rotatable bonds is 5. The second kappa shape index (κ2) is 7.15. The first-order chi connectivity index (χ1) is 15.6. The van der Waals surface area contributed by atoms with Crippen molar-refractivity contribution in [2.45, 2.75) is 25.4 Å². The highest BCUT2D eigenvalue weighted by molar-refractivity contribution is 5.58. The van der Waals surface area contributed by atoms with Gasteiger partial charge in [-0.1, -0.05) is 6.07 Å². The molecule has 32 heavy (non-hydrogen) atoms. The average Bonchev–Trinajstić information content (AvgIpc) is 3.16. The third-order valence-electron chi connectivity index (χ3n) is 5.29. The van der Waals surface area contributed by atoms with Gasteiger partial charge in [0.15, 0.2) is 22.6 Å². The molecule has 1 aliphatic heterocycles. The van der Waals surface area contributed by atoms with Crippen LogP contribution in [0.15, 0.2) is 40.2 Å². The summed E-state index contributed by atoms with van der Waals surface area (Å²) in [6.07, 6.45) is 5.36. The number of hydrogen-bond donors (Lipinski definition) is 4. The van der Waals surface area contributed by atoms with Crippen molar-refractivity contribution in [3.05, 3.63) is 62.9 Å². The standard InChI is InChI=1S/C21H19N7O4/c29-20-14(25-21(30)27-20)6-12-9-23-28-18(24-13-2-3-13)7-17(26-19(12)28)22-8-11-1-4-15-16(5-11)32-10-31-15/h1,4-7,9,13,22,29H,2-3,8,10H2,(H2,25,27,30)/b12-6+,24-18?. The van der Waals surface area contributed by atoms with Crippen molar-refractivity contribution in [3.63, 3.8) is 0 Å². The molecule has 4 N–H and O–H groups in total. The second-order valence-corrected chi connectivity index (χ2v) is 7.72. The zero-order valence-corrected chi connectivity index (χ0v) is 16.8. The van der Waals surface area contributed by atoms with Crippen LogP contribution >= 0.6 is 0 Å². The molecule has 0 bridgehead atoms. The molecule has 0 atom stereocenters. The van der Waals surface area contributed by atoms with Crippen molar-refractivity contribution in [2.75, 3.05) is 12.1 Å². The van der Waals surface area contributed by atoms with Gasteiger partial charge in [-0.05, 0) is 36.6 Å². The average molecular weight is 433 g/mol. The number of anilines is 1. The molecule has 2 aliphatic rings. The Labute approximate surface area is 180 Å². The largest absolute Gasteiger partial charge is 0.493 e. The lowest BCUT2D eigenvalue weighted by atomic mass is 10.2. The van der Waals surface area contributed by atoms with E-state index in [1.165, 1.54) is 0 Å². The number of nitrogens with one attached hydrogen (secondary N) is 3.